The van der Waals surface area contributed by atoms with Crippen LogP contribution < -0.4 is 10.1 Å². The van der Waals surface area contributed by atoms with Gasteiger partial charge in [0.15, 0.2) is 0 Å². The molecule has 0 fully saturated rings. The molecule has 2 aromatic rings. The van der Waals surface area contributed by atoms with E-state index in [-0.39, 0.29) is 6.10 Å². The molecule has 0 saturated heterocycles. The van der Waals surface area contributed by atoms with Gasteiger partial charge in [-0.2, -0.15) is 0 Å². The van der Waals surface area contributed by atoms with Crippen molar-refractivity contribution in [2.75, 3.05) is 0 Å². The fourth-order valence-electron chi connectivity index (χ4n) is 1.99. The van der Waals surface area contributed by atoms with E-state index in [0.29, 0.717) is 0 Å². The van der Waals surface area contributed by atoms with Crippen molar-refractivity contribution in [3.63, 3.8) is 0 Å². The fraction of sp³-hybridized carbons (Fsp3) is 0.294. The molecule has 0 heterocycles. The van der Waals surface area contributed by atoms with Crippen molar-refractivity contribution in [1.29, 1.82) is 0 Å². The molecular weight excluding hydrogens is 350 g/mol. The quantitative estimate of drug-likeness (QED) is 0.758. The lowest BCUT2D eigenvalue weighted by molar-refractivity contribution is 0.241. The summed E-state index contributed by atoms with van der Waals surface area (Å²) in [6.07, 6.45) is 0.172. The second-order valence-electron chi connectivity index (χ2n) is 5.13. The number of rotatable bonds is 6. The molecule has 0 aromatic heterocycles. The summed E-state index contributed by atoms with van der Waals surface area (Å²) in [5.41, 5.74) is 2.31. The van der Waals surface area contributed by atoms with E-state index in [4.69, 9.17) is 16.3 Å². The van der Waals surface area contributed by atoms with Gasteiger partial charge in [-0.3, -0.25) is 0 Å². The lowest BCUT2D eigenvalue weighted by Crippen LogP contribution is -2.13. The first-order chi connectivity index (χ1) is 10.1. The van der Waals surface area contributed by atoms with Crippen LogP contribution in [0, 0.1) is 0 Å². The van der Waals surface area contributed by atoms with E-state index in [0.717, 1.165) is 33.9 Å². The van der Waals surface area contributed by atoms with Gasteiger partial charge in [-0.15, -0.1) is 0 Å². The third-order valence-electron chi connectivity index (χ3n) is 2.96. The van der Waals surface area contributed by atoms with Crippen LogP contribution in [0.1, 0.15) is 25.0 Å². The van der Waals surface area contributed by atoms with E-state index < -0.39 is 0 Å². The van der Waals surface area contributed by atoms with Gasteiger partial charge in [-0.1, -0.05) is 35.9 Å². The summed E-state index contributed by atoms with van der Waals surface area (Å²) >= 11 is 9.69. The minimum absolute atomic E-state index is 0.172. The Labute approximate surface area is 139 Å². The van der Waals surface area contributed by atoms with Gasteiger partial charge < -0.3 is 10.1 Å². The van der Waals surface area contributed by atoms with Crippen LogP contribution in [0.15, 0.2) is 46.9 Å². The Kier molecular flexibility index (Phi) is 6.09. The molecule has 1 N–H and O–H groups in total. The maximum absolute atomic E-state index is 6.14. The third-order valence-corrected chi connectivity index (χ3v) is 3.95. The summed E-state index contributed by atoms with van der Waals surface area (Å²) in [4.78, 5) is 0. The van der Waals surface area contributed by atoms with Crippen molar-refractivity contribution in [3.8, 4) is 5.75 Å². The minimum atomic E-state index is 0.172. The Morgan fingerprint density at radius 3 is 2.57 bits per heavy atom. The highest BCUT2D eigenvalue weighted by atomic mass is 79.9. The molecule has 0 saturated carbocycles. The summed E-state index contributed by atoms with van der Waals surface area (Å²) in [6.45, 7) is 5.57. The molecule has 0 aliphatic rings. The average Bonchev–Trinajstić information content (AvgIpc) is 2.43. The molecule has 2 nitrogen and oxygen atoms in total. The van der Waals surface area contributed by atoms with Gasteiger partial charge in [0.1, 0.15) is 5.75 Å². The maximum atomic E-state index is 6.14. The maximum Gasteiger partial charge on any atom is 0.133 e. The monoisotopic (exact) mass is 367 g/mol. The standard InChI is InChI=1S/C17H19BrClNO/c1-12(2)21-17-8-7-13(9-15(17)18)10-20-11-14-5-3-4-6-16(14)19/h3-9,12,20H,10-11H2,1-2H3. The van der Waals surface area contributed by atoms with E-state index in [2.05, 4.69) is 33.4 Å². The van der Waals surface area contributed by atoms with Crippen molar-refractivity contribution in [2.24, 2.45) is 0 Å². The van der Waals surface area contributed by atoms with Crippen molar-refractivity contribution >= 4 is 27.5 Å². The molecule has 2 rings (SSSR count). The smallest absolute Gasteiger partial charge is 0.133 e. The van der Waals surface area contributed by atoms with E-state index >= 15 is 0 Å². The molecular formula is C17H19BrClNO. The first kappa shape index (κ1) is 16.3. The molecule has 0 amide bonds. The zero-order valence-corrected chi connectivity index (χ0v) is 14.5. The Bertz CT molecular complexity index is 601. The lowest BCUT2D eigenvalue weighted by atomic mass is 10.2. The SMILES string of the molecule is CC(C)Oc1ccc(CNCc2ccccc2Cl)cc1Br. The second-order valence-corrected chi connectivity index (χ2v) is 6.39. The number of halogens is 2. The van der Waals surface area contributed by atoms with Gasteiger partial charge in [-0.25, -0.2) is 0 Å². The molecule has 0 radical (unpaired) electrons. The summed E-state index contributed by atoms with van der Waals surface area (Å²) in [6, 6.07) is 14.0. The molecule has 112 valence electrons. The molecule has 4 heteroatoms. The highest BCUT2D eigenvalue weighted by Gasteiger charge is 2.05. The van der Waals surface area contributed by atoms with Crippen molar-refractivity contribution < 1.29 is 4.74 Å². The predicted octanol–water partition coefficient (Wildman–Crippen LogP) is 5.18. The van der Waals surface area contributed by atoms with E-state index in [9.17, 15) is 0 Å². The van der Waals surface area contributed by atoms with Gasteiger partial charge in [0.2, 0.25) is 0 Å². The predicted molar refractivity (Wildman–Crippen MR) is 91.9 cm³/mol. The number of nitrogens with one attached hydrogen (secondary N) is 1. The highest BCUT2D eigenvalue weighted by Crippen LogP contribution is 2.27. The average molecular weight is 369 g/mol. The fourth-order valence-corrected chi connectivity index (χ4v) is 2.71. The van der Waals surface area contributed by atoms with Gasteiger partial charge in [-0.05, 0) is 59.1 Å². The Balaban J connectivity index is 1.92. The summed E-state index contributed by atoms with van der Waals surface area (Å²) in [7, 11) is 0. The van der Waals surface area contributed by atoms with Gasteiger partial charge in [0.05, 0.1) is 10.6 Å². The van der Waals surface area contributed by atoms with Crippen molar-refractivity contribution in [1.82, 2.24) is 5.32 Å². The zero-order chi connectivity index (χ0) is 15.2. The van der Waals surface area contributed by atoms with Crippen LogP contribution in [0.5, 0.6) is 5.75 Å². The first-order valence-electron chi connectivity index (χ1n) is 6.95. The van der Waals surface area contributed by atoms with Crippen molar-refractivity contribution in [3.05, 3.63) is 63.1 Å². The lowest BCUT2D eigenvalue weighted by Gasteiger charge is -2.13. The van der Waals surface area contributed by atoms with Gasteiger partial charge in [0, 0.05) is 18.1 Å². The molecule has 0 spiro atoms. The van der Waals surface area contributed by atoms with Crippen LogP contribution >= 0.6 is 27.5 Å². The molecule has 0 aliphatic heterocycles. The van der Waals surface area contributed by atoms with E-state index in [1.165, 1.54) is 5.56 Å². The van der Waals surface area contributed by atoms with E-state index in [1.807, 2.05) is 44.2 Å². The molecule has 2 aromatic carbocycles. The zero-order valence-electron chi connectivity index (χ0n) is 12.2. The third kappa shape index (κ3) is 5.03. The van der Waals surface area contributed by atoms with Gasteiger partial charge in [0.25, 0.3) is 0 Å². The Hall–Kier alpha value is -1.03. The first-order valence-corrected chi connectivity index (χ1v) is 8.12. The largest absolute Gasteiger partial charge is 0.490 e. The van der Waals surface area contributed by atoms with Crippen LogP contribution in [0.4, 0.5) is 0 Å². The van der Waals surface area contributed by atoms with Crippen LogP contribution in [0.3, 0.4) is 0 Å². The van der Waals surface area contributed by atoms with Crippen LogP contribution in [0.25, 0.3) is 0 Å². The van der Waals surface area contributed by atoms with Crippen LogP contribution in [-0.2, 0) is 13.1 Å². The number of benzene rings is 2. The summed E-state index contributed by atoms with van der Waals surface area (Å²) in [5, 5.41) is 4.20. The number of ether oxygens (including phenoxy) is 1. The summed E-state index contributed by atoms with van der Waals surface area (Å²) < 4.78 is 6.68. The van der Waals surface area contributed by atoms with Crippen LogP contribution in [0.2, 0.25) is 5.02 Å². The molecule has 0 unspecified atom stereocenters. The van der Waals surface area contributed by atoms with Crippen LogP contribution in [-0.4, -0.2) is 6.10 Å². The Morgan fingerprint density at radius 2 is 1.90 bits per heavy atom. The minimum Gasteiger partial charge on any atom is -0.490 e. The normalized spacial score (nSPS) is 10.9. The van der Waals surface area contributed by atoms with Gasteiger partial charge >= 0.3 is 0 Å². The highest BCUT2D eigenvalue weighted by molar-refractivity contribution is 9.10. The van der Waals surface area contributed by atoms with E-state index in [1.54, 1.807) is 0 Å². The summed E-state index contributed by atoms with van der Waals surface area (Å²) in [5.74, 6) is 0.875. The van der Waals surface area contributed by atoms with Crippen molar-refractivity contribution in [2.45, 2.75) is 33.0 Å². The Morgan fingerprint density at radius 1 is 1.14 bits per heavy atom. The second kappa shape index (κ2) is 7.83. The molecule has 0 bridgehead atoms. The number of hydrogen-bond donors (Lipinski definition) is 1. The molecule has 0 aliphatic carbocycles. The number of hydrogen-bond acceptors (Lipinski definition) is 2. The topological polar surface area (TPSA) is 21.3 Å². The molecule has 21 heavy (non-hydrogen) atoms. The molecule has 0 atom stereocenters.